The average molecular weight is 270 g/mol. The summed E-state index contributed by atoms with van der Waals surface area (Å²) >= 11 is 0. The van der Waals surface area contributed by atoms with Crippen LogP contribution in [0.15, 0.2) is 24.3 Å². The summed E-state index contributed by atoms with van der Waals surface area (Å²) in [5.41, 5.74) is 0.578. The predicted molar refractivity (Wildman–Crippen MR) is 65.0 cm³/mol. The summed E-state index contributed by atoms with van der Waals surface area (Å²) in [5, 5.41) is 22.1. The molecule has 0 radical (unpaired) electrons. The molecule has 6 nitrogen and oxygen atoms in total. The van der Waals surface area contributed by atoms with Crippen molar-refractivity contribution in [2.45, 2.75) is 19.1 Å². The van der Waals surface area contributed by atoms with Crippen LogP contribution in [0.2, 0.25) is 0 Å². The molecule has 0 fully saturated rings. The van der Waals surface area contributed by atoms with Gasteiger partial charge < -0.3 is 20.8 Å². The lowest BCUT2D eigenvalue weighted by molar-refractivity contribution is -0.146. The highest BCUT2D eigenvalue weighted by molar-refractivity contribution is 5.76. The van der Waals surface area contributed by atoms with E-state index in [0.717, 1.165) is 0 Å². The molecule has 4 N–H and O–H groups in total. The van der Waals surface area contributed by atoms with Crippen molar-refractivity contribution in [3.8, 4) is 0 Å². The van der Waals surface area contributed by atoms with Gasteiger partial charge in [0.1, 0.15) is 5.82 Å². The van der Waals surface area contributed by atoms with Gasteiger partial charge >= 0.3 is 12.0 Å². The molecule has 0 bridgehead atoms. The maximum absolute atomic E-state index is 13.0. The first-order chi connectivity index (χ1) is 8.90. The molecule has 104 valence electrons. The summed E-state index contributed by atoms with van der Waals surface area (Å²) in [7, 11) is 0. The molecule has 0 aromatic heterocycles. The number of carboxylic acid groups (broad SMARTS) is 1. The number of aliphatic hydroxyl groups excluding tert-OH is 1. The van der Waals surface area contributed by atoms with Gasteiger partial charge in [0.2, 0.25) is 0 Å². The lowest BCUT2D eigenvalue weighted by atomic mass is 10.1. The quantitative estimate of drug-likeness (QED) is 0.630. The molecule has 2 amide bonds. The Morgan fingerprint density at radius 3 is 2.68 bits per heavy atom. The third-order valence-corrected chi connectivity index (χ3v) is 2.44. The van der Waals surface area contributed by atoms with E-state index in [1.807, 2.05) is 0 Å². The topological polar surface area (TPSA) is 98.7 Å². The molecule has 1 aromatic rings. The van der Waals surface area contributed by atoms with Crippen molar-refractivity contribution in [2.24, 2.45) is 0 Å². The number of urea groups is 1. The lowest BCUT2D eigenvalue weighted by Gasteiger charge is -2.15. The fourth-order valence-electron chi connectivity index (χ4n) is 1.38. The number of hydrogen-bond donors (Lipinski definition) is 4. The molecule has 7 heteroatoms. The first-order valence-corrected chi connectivity index (χ1v) is 5.61. The minimum atomic E-state index is -1.66. The molecule has 2 atom stereocenters. The number of amides is 2. The van der Waals surface area contributed by atoms with Gasteiger partial charge in [0.25, 0.3) is 0 Å². The van der Waals surface area contributed by atoms with E-state index in [4.69, 9.17) is 10.2 Å². The smallest absolute Gasteiger partial charge is 0.334 e. The first-order valence-electron chi connectivity index (χ1n) is 5.61. The largest absolute Gasteiger partial charge is 0.479 e. The van der Waals surface area contributed by atoms with E-state index < -0.39 is 36.5 Å². The van der Waals surface area contributed by atoms with Gasteiger partial charge in [-0.05, 0) is 24.6 Å². The SMILES string of the molecule is CC(NC(=O)NCC(O)C(=O)O)c1cccc(F)c1. The van der Waals surface area contributed by atoms with Crippen molar-refractivity contribution in [3.05, 3.63) is 35.6 Å². The number of hydrogen-bond acceptors (Lipinski definition) is 3. The number of rotatable bonds is 5. The number of carbonyl (C=O) groups is 2. The third kappa shape index (κ3) is 4.92. The van der Waals surface area contributed by atoms with E-state index in [1.165, 1.54) is 18.2 Å². The number of aliphatic hydroxyl groups is 1. The number of aliphatic carboxylic acids is 1. The maximum Gasteiger partial charge on any atom is 0.334 e. The molecule has 0 saturated heterocycles. The zero-order valence-corrected chi connectivity index (χ0v) is 10.3. The van der Waals surface area contributed by atoms with Crippen LogP contribution >= 0.6 is 0 Å². The number of halogens is 1. The number of carbonyl (C=O) groups excluding carboxylic acids is 1. The van der Waals surface area contributed by atoms with Crippen LogP contribution in [0, 0.1) is 5.82 Å². The van der Waals surface area contributed by atoms with Crippen molar-refractivity contribution in [3.63, 3.8) is 0 Å². The van der Waals surface area contributed by atoms with Crippen molar-refractivity contribution in [1.29, 1.82) is 0 Å². The summed E-state index contributed by atoms with van der Waals surface area (Å²) < 4.78 is 13.0. The lowest BCUT2D eigenvalue weighted by Crippen LogP contribution is -2.42. The van der Waals surface area contributed by atoms with Crippen LogP contribution in [0.4, 0.5) is 9.18 Å². The average Bonchev–Trinajstić information content (AvgIpc) is 2.35. The molecule has 19 heavy (non-hydrogen) atoms. The van der Waals surface area contributed by atoms with Crippen LogP contribution in [0.3, 0.4) is 0 Å². The van der Waals surface area contributed by atoms with Gasteiger partial charge in [0.15, 0.2) is 6.10 Å². The summed E-state index contributed by atoms with van der Waals surface area (Å²) in [6.45, 7) is 1.25. The van der Waals surface area contributed by atoms with Gasteiger partial charge in [-0.3, -0.25) is 0 Å². The Labute approximate surface area is 109 Å². The zero-order valence-electron chi connectivity index (χ0n) is 10.3. The van der Waals surface area contributed by atoms with Gasteiger partial charge in [0, 0.05) is 0 Å². The molecule has 0 aliphatic rings. The van der Waals surface area contributed by atoms with Gasteiger partial charge in [-0.2, -0.15) is 0 Å². The van der Waals surface area contributed by atoms with Crippen LogP contribution in [-0.2, 0) is 4.79 Å². The van der Waals surface area contributed by atoms with Crippen LogP contribution < -0.4 is 10.6 Å². The monoisotopic (exact) mass is 270 g/mol. The van der Waals surface area contributed by atoms with E-state index in [2.05, 4.69) is 10.6 Å². The molecular formula is C12H15FN2O4. The fraction of sp³-hybridized carbons (Fsp3) is 0.333. The molecule has 0 spiro atoms. The van der Waals surface area contributed by atoms with Crippen molar-refractivity contribution < 1.29 is 24.2 Å². The summed E-state index contributed by atoms with van der Waals surface area (Å²) in [4.78, 5) is 21.7. The van der Waals surface area contributed by atoms with Crippen LogP contribution in [0.1, 0.15) is 18.5 Å². The Hall–Kier alpha value is -2.15. The van der Waals surface area contributed by atoms with Crippen molar-refractivity contribution >= 4 is 12.0 Å². The second-order valence-electron chi connectivity index (χ2n) is 3.99. The Bertz CT molecular complexity index is 467. The predicted octanol–water partition coefficient (Wildman–Crippen LogP) is 0.631. The van der Waals surface area contributed by atoms with E-state index in [-0.39, 0.29) is 0 Å². The Morgan fingerprint density at radius 1 is 1.42 bits per heavy atom. The maximum atomic E-state index is 13.0. The van der Waals surface area contributed by atoms with Crippen molar-refractivity contribution in [2.75, 3.05) is 6.54 Å². The highest BCUT2D eigenvalue weighted by atomic mass is 19.1. The third-order valence-electron chi connectivity index (χ3n) is 2.44. The second-order valence-corrected chi connectivity index (χ2v) is 3.99. The minimum Gasteiger partial charge on any atom is -0.479 e. The van der Waals surface area contributed by atoms with Crippen molar-refractivity contribution in [1.82, 2.24) is 10.6 Å². The van der Waals surface area contributed by atoms with Gasteiger partial charge in [0.05, 0.1) is 12.6 Å². The molecular weight excluding hydrogens is 255 g/mol. The number of benzene rings is 1. The highest BCUT2D eigenvalue weighted by Gasteiger charge is 2.15. The van der Waals surface area contributed by atoms with Crippen LogP contribution in [0.25, 0.3) is 0 Å². The van der Waals surface area contributed by atoms with E-state index in [0.29, 0.717) is 5.56 Å². The number of carboxylic acids is 1. The molecule has 0 aliphatic heterocycles. The Kier molecular flexibility index (Phi) is 5.25. The molecule has 0 saturated carbocycles. The van der Waals surface area contributed by atoms with Gasteiger partial charge in [-0.1, -0.05) is 12.1 Å². The molecule has 1 rings (SSSR count). The number of nitrogens with one attached hydrogen (secondary N) is 2. The van der Waals surface area contributed by atoms with E-state index in [9.17, 15) is 14.0 Å². The molecule has 0 heterocycles. The Balaban J connectivity index is 2.46. The standard InChI is InChI=1S/C12H15FN2O4/c1-7(8-3-2-4-9(13)5-8)15-12(19)14-6-10(16)11(17)18/h2-5,7,10,16H,6H2,1H3,(H,17,18)(H2,14,15,19). The summed E-state index contributed by atoms with van der Waals surface area (Å²) in [5.74, 6) is -1.83. The first kappa shape index (κ1) is 14.9. The minimum absolute atomic E-state index is 0.406. The summed E-state index contributed by atoms with van der Waals surface area (Å²) in [6, 6.07) is 4.67. The summed E-state index contributed by atoms with van der Waals surface area (Å²) in [6.07, 6.45) is -1.66. The highest BCUT2D eigenvalue weighted by Crippen LogP contribution is 2.12. The van der Waals surface area contributed by atoms with Crippen LogP contribution in [-0.4, -0.2) is 34.9 Å². The van der Waals surface area contributed by atoms with Crippen LogP contribution in [0.5, 0.6) is 0 Å². The molecule has 1 aromatic carbocycles. The fourth-order valence-corrected chi connectivity index (χ4v) is 1.38. The van der Waals surface area contributed by atoms with Gasteiger partial charge in [-0.15, -0.1) is 0 Å². The van der Waals surface area contributed by atoms with E-state index >= 15 is 0 Å². The zero-order chi connectivity index (χ0) is 14.4. The molecule has 0 aliphatic carbocycles. The second kappa shape index (κ2) is 6.69. The molecule has 2 unspecified atom stereocenters. The Morgan fingerprint density at radius 2 is 2.11 bits per heavy atom. The van der Waals surface area contributed by atoms with Gasteiger partial charge in [-0.25, -0.2) is 14.0 Å². The van der Waals surface area contributed by atoms with E-state index in [1.54, 1.807) is 13.0 Å². The normalized spacial score (nSPS) is 13.4.